The van der Waals surface area contributed by atoms with E-state index in [1.54, 1.807) is 48.5 Å². The van der Waals surface area contributed by atoms with Gasteiger partial charge in [-0.1, -0.05) is 25.4 Å². The molecular weight excluding hydrogens is 332 g/mol. The van der Waals surface area contributed by atoms with E-state index in [-0.39, 0.29) is 11.8 Å². The highest BCUT2D eigenvalue weighted by molar-refractivity contribution is 8.00. The number of thioether (sulfide) groups is 1. The Hall–Kier alpha value is -1.78. The van der Waals surface area contributed by atoms with Crippen molar-refractivity contribution in [1.29, 1.82) is 0 Å². The van der Waals surface area contributed by atoms with Gasteiger partial charge in [0.2, 0.25) is 0 Å². The predicted octanol–water partition coefficient (Wildman–Crippen LogP) is 4.62. The first-order chi connectivity index (χ1) is 11.0. The number of benzene rings is 2. The molecule has 0 aliphatic carbocycles. The number of carbonyl (C=O) groups excluding carboxylic acids is 2. The zero-order chi connectivity index (χ0) is 16.8. The fraction of sp³-hybridized carbons (Fsp3) is 0.222. The van der Waals surface area contributed by atoms with Crippen molar-refractivity contribution >= 4 is 35.1 Å². The van der Waals surface area contributed by atoms with Crippen molar-refractivity contribution in [2.75, 3.05) is 5.75 Å². The van der Waals surface area contributed by atoms with Crippen molar-refractivity contribution in [3.8, 4) is 5.75 Å². The predicted molar refractivity (Wildman–Crippen MR) is 94.6 cm³/mol. The minimum Gasteiger partial charge on any atom is -0.426 e. The van der Waals surface area contributed by atoms with E-state index in [1.807, 2.05) is 13.8 Å². The van der Waals surface area contributed by atoms with Crippen LogP contribution in [0.4, 0.5) is 0 Å². The summed E-state index contributed by atoms with van der Waals surface area (Å²) in [6.45, 7) is 4.05. The average molecular weight is 349 g/mol. The van der Waals surface area contributed by atoms with Crippen molar-refractivity contribution in [2.45, 2.75) is 19.1 Å². The Morgan fingerprint density at radius 2 is 1.52 bits per heavy atom. The van der Waals surface area contributed by atoms with E-state index < -0.39 is 0 Å². The van der Waals surface area contributed by atoms with E-state index in [0.29, 0.717) is 32.9 Å². The third-order valence-electron chi connectivity index (χ3n) is 2.99. The number of ketones is 1. The Balaban J connectivity index is 2.00. The number of carbonyl (C=O) groups is 2. The summed E-state index contributed by atoms with van der Waals surface area (Å²) < 4.78 is 5.23. The number of halogens is 1. The Kier molecular flexibility index (Phi) is 6.25. The van der Waals surface area contributed by atoms with Crippen molar-refractivity contribution in [1.82, 2.24) is 0 Å². The first kappa shape index (κ1) is 17.6. The Labute approximate surface area is 145 Å². The maximum absolute atomic E-state index is 12.3. The van der Waals surface area contributed by atoms with Gasteiger partial charge in [0.25, 0.3) is 0 Å². The van der Waals surface area contributed by atoms with Crippen LogP contribution in [0, 0.1) is 0 Å². The van der Waals surface area contributed by atoms with Crippen LogP contribution in [0.1, 0.15) is 29.8 Å². The fourth-order valence-electron chi connectivity index (χ4n) is 1.84. The maximum Gasteiger partial charge on any atom is 0.321 e. The second kappa shape index (κ2) is 8.18. The second-order valence-corrected chi connectivity index (χ2v) is 7.20. The minimum atomic E-state index is -0.291. The zero-order valence-corrected chi connectivity index (χ0v) is 14.5. The van der Waals surface area contributed by atoms with Crippen molar-refractivity contribution < 1.29 is 14.3 Å². The molecule has 0 aliphatic heterocycles. The van der Waals surface area contributed by atoms with Crippen LogP contribution in [0.25, 0.3) is 0 Å². The second-order valence-electron chi connectivity index (χ2n) is 5.19. The topological polar surface area (TPSA) is 43.4 Å². The van der Waals surface area contributed by atoms with Crippen LogP contribution in [0.3, 0.4) is 0 Å². The molecule has 5 heteroatoms. The molecule has 0 saturated carbocycles. The van der Waals surface area contributed by atoms with Crippen molar-refractivity contribution in [3.63, 3.8) is 0 Å². The number of esters is 1. The minimum absolute atomic E-state index is 0.102. The normalized spacial score (nSPS) is 10.6. The van der Waals surface area contributed by atoms with E-state index in [1.165, 1.54) is 11.8 Å². The largest absolute Gasteiger partial charge is 0.426 e. The molecule has 0 atom stereocenters. The molecule has 0 spiro atoms. The molecule has 0 bridgehead atoms. The highest BCUT2D eigenvalue weighted by Gasteiger charge is 2.10. The highest BCUT2D eigenvalue weighted by Crippen LogP contribution is 2.18. The van der Waals surface area contributed by atoms with Gasteiger partial charge in [0, 0.05) is 16.1 Å². The lowest BCUT2D eigenvalue weighted by Crippen LogP contribution is -2.12. The molecule has 3 nitrogen and oxygen atoms in total. The molecule has 0 unspecified atom stereocenters. The summed E-state index contributed by atoms with van der Waals surface area (Å²) in [7, 11) is 0. The van der Waals surface area contributed by atoms with Gasteiger partial charge in [0.05, 0.1) is 5.75 Å². The van der Waals surface area contributed by atoms with Gasteiger partial charge in [-0.05, 0) is 53.8 Å². The number of hydrogen-bond acceptors (Lipinski definition) is 4. The Morgan fingerprint density at radius 3 is 2.04 bits per heavy atom. The molecule has 0 heterocycles. The molecule has 0 saturated heterocycles. The molecule has 0 aromatic heterocycles. The maximum atomic E-state index is 12.3. The van der Waals surface area contributed by atoms with E-state index in [0.717, 1.165) is 0 Å². The van der Waals surface area contributed by atoms with E-state index in [9.17, 15) is 9.59 Å². The van der Waals surface area contributed by atoms with Gasteiger partial charge < -0.3 is 4.74 Å². The summed E-state index contributed by atoms with van der Waals surface area (Å²) in [6.07, 6.45) is 0. The summed E-state index contributed by atoms with van der Waals surface area (Å²) in [5.41, 5.74) is 1.09. The van der Waals surface area contributed by atoms with Crippen molar-refractivity contribution in [3.05, 3.63) is 64.7 Å². The van der Waals surface area contributed by atoms with Crippen LogP contribution in [-0.2, 0) is 4.79 Å². The number of ether oxygens (including phenoxy) is 1. The monoisotopic (exact) mass is 348 g/mol. The van der Waals surface area contributed by atoms with E-state index in [4.69, 9.17) is 16.3 Å². The van der Waals surface area contributed by atoms with Crippen LogP contribution in [-0.4, -0.2) is 22.8 Å². The van der Waals surface area contributed by atoms with Gasteiger partial charge >= 0.3 is 5.97 Å². The fourth-order valence-corrected chi connectivity index (χ4v) is 2.49. The van der Waals surface area contributed by atoms with Gasteiger partial charge in [0.1, 0.15) is 5.75 Å². The van der Waals surface area contributed by atoms with E-state index in [2.05, 4.69) is 0 Å². The summed E-state index contributed by atoms with van der Waals surface area (Å²) in [5, 5.41) is 0.963. The molecular formula is C18H17ClO3S. The standard InChI is InChI=1S/C18H17ClO3S/c1-12(2)23-11-17(20)22-16-9-5-14(6-10-16)18(21)13-3-7-15(19)8-4-13/h3-10,12H,11H2,1-2H3. The third-order valence-corrected chi connectivity index (χ3v) is 4.31. The van der Waals surface area contributed by atoms with E-state index >= 15 is 0 Å². The van der Waals surface area contributed by atoms with Gasteiger partial charge in [-0.25, -0.2) is 0 Å². The first-order valence-corrected chi connectivity index (χ1v) is 8.61. The van der Waals surface area contributed by atoms with Gasteiger partial charge in [-0.2, -0.15) is 0 Å². The van der Waals surface area contributed by atoms with Crippen LogP contribution >= 0.6 is 23.4 Å². The van der Waals surface area contributed by atoms with Crippen LogP contribution in [0.5, 0.6) is 5.75 Å². The molecule has 2 aromatic carbocycles. The van der Waals surface area contributed by atoms with Gasteiger partial charge in [-0.15, -0.1) is 11.8 Å². The molecule has 120 valence electrons. The summed E-state index contributed by atoms with van der Waals surface area (Å²) in [6, 6.07) is 13.3. The third kappa shape index (κ3) is 5.41. The molecule has 2 aromatic rings. The molecule has 0 fully saturated rings. The molecule has 2 rings (SSSR count). The molecule has 0 amide bonds. The molecule has 23 heavy (non-hydrogen) atoms. The van der Waals surface area contributed by atoms with Crippen LogP contribution in [0.2, 0.25) is 5.02 Å². The SMILES string of the molecule is CC(C)SCC(=O)Oc1ccc(C(=O)c2ccc(Cl)cc2)cc1. The lowest BCUT2D eigenvalue weighted by Gasteiger charge is -2.07. The number of hydrogen-bond donors (Lipinski definition) is 0. The Morgan fingerprint density at radius 1 is 1.00 bits per heavy atom. The van der Waals surface area contributed by atoms with Gasteiger partial charge in [-0.3, -0.25) is 9.59 Å². The first-order valence-electron chi connectivity index (χ1n) is 7.18. The summed E-state index contributed by atoms with van der Waals surface area (Å²) >= 11 is 7.34. The highest BCUT2D eigenvalue weighted by atomic mass is 35.5. The lowest BCUT2D eigenvalue weighted by molar-refractivity contribution is -0.131. The zero-order valence-electron chi connectivity index (χ0n) is 12.9. The summed E-state index contributed by atoms with van der Waals surface area (Å²) in [5.74, 6) is 0.353. The van der Waals surface area contributed by atoms with Crippen LogP contribution < -0.4 is 4.74 Å². The molecule has 0 aliphatic rings. The number of rotatable bonds is 6. The summed E-state index contributed by atoms with van der Waals surface area (Å²) in [4.78, 5) is 24.0. The van der Waals surface area contributed by atoms with Crippen LogP contribution in [0.15, 0.2) is 48.5 Å². The molecule has 0 N–H and O–H groups in total. The van der Waals surface area contributed by atoms with Crippen molar-refractivity contribution in [2.24, 2.45) is 0 Å². The quantitative estimate of drug-likeness (QED) is 0.434. The smallest absolute Gasteiger partial charge is 0.321 e. The Bertz CT molecular complexity index is 678. The average Bonchev–Trinajstić information content (AvgIpc) is 2.54. The molecule has 0 radical (unpaired) electrons. The van der Waals surface area contributed by atoms with Gasteiger partial charge in [0.15, 0.2) is 5.78 Å². The lowest BCUT2D eigenvalue weighted by atomic mass is 10.0.